The van der Waals surface area contributed by atoms with Gasteiger partial charge in [0.2, 0.25) is 0 Å². The van der Waals surface area contributed by atoms with Gasteiger partial charge in [-0.15, -0.1) is 0 Å². The minimum atomic E-state index is 0.00172. The minimum absolute atomic E-state index is 0.00172. The maximum absolute atomic E-state index is 13.6. The first kappa shape index (κ1) is 33.6. The van der Waals surface area contributed by atoms with Gasteiger partial charge < -0.3 is 0 Å². The summed E-state index contributed by atoms with van der Waals surface area (Å²) in [6.07, 6.45) is 30.2. The summed E-state index contributed by atoms with van der Waals surface area (Å²) >= 11 is 0. The molecule has 2 amide bonds. The lowest BCUT2D eigenvalue weighted by Crippen LogP contribution is -2.34. The van der Waals surface area contributed by atoms with Crippen molar-refractivity contribution in [2.45, 2.75) is 174 Å². The molecule has 1 atom stereocenters. The summed E-state index contributed by atoms with van der Waals surface area (Å²) in [5, 5.41) is 0. The van der Waals surface area contributed by atoms with Gasteiger partial charge in [-0.25, -0.2) is 0 Å². The van der Waals surface area contributed by atoms with Gasteiger partial charge in [-0.3, -0.25) is 14.5 Å². The molecule has 0 aromatic heterocycles. The van der Waals surface area contributed by atoms with E-state index in [1.807, 2.05) is 6.07 Å². The van der Waals surface area contributed by atoms with Crippen LogP contribution in [0.2, 0.25) is 0 Å². The van der Waals surface area contributed by atoms with E-state index in [0.29, 0.717) is 6.54 Å². The maximum atomic E-state index is 13.6. The van der Waals surface area contributed by atoms with Crippen LogP contribution in [0.4, 0.5) is 0 Å². The van der Waals surface area contributed by atoms with E-state index in [-0.39, 0.29) is 17.7 Å². The number of unbranched alkanes of at least 4 members (excludes halogenated alkanes) is 19. The monoisotopic (exact) mass is 563 g/mol. The van der Waals surface area contributed by atoms with Crippen molar-refractivity contribution in [3.05, 3.63) is 46.5 Å². The Hall–Kier alpha value is -1.90. The summed E-state index contributed by atoms with van der Waals surface area (Å²) in [6.45, 7) is 4.99. The molecule has 1 aromatic rings. The van der Waals surface area contributed by atoms with Gasteiger partial charge in [0.25, 0.3) is 11.8 Å². The SMILES string of the molecule is CCCCCCCCCCCCCC1=C2C(=O)N(Cc3ccccc3CC2CCCCCCCCCCCC)C1=O. The Morgan fingerprint density at radius 1 is 0.585 bits per heavy atom. The van der Waals surface area contributed by atoms with Crippen LogP contribution in [0.25, 0.3) is 0 Å². The number of fused-ring (bicyclic) bond motifs is 3. The molecule has 230 valence electrons. The van der Waals surface area contributed by atoms with Gasteiger partial charge in [-0.05, 0) is 42.7 Å². The number of benzene rings is 1. The minimum Gasteiger partial charge on any atom is -0.270 e. The number of carbonyl (C=O) groups excluding carboxylic acids is 2. The molecule has 2 aliphatic rings. The fourth-order valence-corrected chi connectivity index (χ4v) is 6.99. The first-order chi connectivity index (χ1) is 20.2. The highest BCUT2D eigenvalue weighted by Crippen LogP contribution is 2.38. The van der Waals surface area contributed by atoms with Gasteiger partial charge in [0.15, 0.2) is 0 Å². The van der Waals surface area contributed by atoms with E-state index in [4.69, 9.17) is 0 Å². The number of hydrogen-bond acceptors (Lipinski definition) is 2. The summed E-state index contributed by atoms with van der Waals surface area (Å²) in [5.41, 5.74) is 4.21. The predicted molar refractivity (Wildman–Crippen MR) is 174 cm³/mol. The molecule has 2 aliphatic heterocycles. The fourth-order valence-electron chi connectivity index (χ4n) is 6.99. The van der Waals surface area contributed by atoms with E-state index in [0.717, 1.165) is 55.2 Å². The van der Waals surface area contributed by atoms with Crippen molar-refractivity contribution in [3.63, 3.8) is 0 Å². The Kier molecular flexibility index (Phi) is 16.5. The highest BCUT2D eigenvalue weighted by Gasteiger charge is 2.42. The smallest absolute Gasteiger partial charge is 0.257 e. The first-order valence-corrected chi connectivity index (χ1v) is 17.8. The molecule has 2 bridgehead atoms. The molecular weight excluding hydrogens is 502 g/mol. The van der Waals surface area contributed by atoms with Crippen LogP contribution in [0.1, 0.15) is 173 Å². The predicted octanol–water partition coefficient (Wildman–Crippen LogP) is 11.0. The topological polar surface area (TPSA) is 37.4 Å². The summed E-state index contributed by atoms with van der Waals surface area (Å²) in [6, 6.07) is 8.48. The molecule has 0 radical (unpaired) electrons. The third kappa shape index (κ3) is 11.4. The third-order valence-corrected chi connectivity index (χ3v) is 9.56. The molecule has 3 heteroatoms. The maximum Gasteiger partial charge on any atom is 0.257 e. The van der Waals surface area contributed by atoms with Crippen LogP contribution >= 0.6 is 0 Å². The second-order valence-corrected chi connectivity index (χ2v) is 13.0. The lowest BCUT2D eigenvalue weighted by atomic mass is 9.82. The van der Waals surface area contributed by atoms with Crippen LogP contribution in [-0.2, 0) is 22.6 Å². The highest BCUT2D eigenvalue weighted by molar-refractivity contribution is 6.19. The summed E-state index contributed by atoms with van der Waals surface area (Å²) in [4.78, 5) is 28.8. The second-order valence-electron chi connectivity index (χ2n) is 13.0. The Labute approximate surface area is 252 Å². The normalized spacial score (nSPS) is 16.8. The van der Waals surface area contributed by atoms with Gasteiger partial charge >= 0.3 is 0 Å². The zero-order chi connectivity index (χ0) is 29.1. The number of imide groups is 1. The van der Waals surface area contributed by atoms with Gasteiger partial charge in [0.1, 0.15) is 0 Å². The Morgan fingerprint density at radius 3 is 1.59 bits per heavy atom. The van der Waals surface area contributed by atoms with Crippen LogP contribution < -0.4 is 0 Å². The first-order valence-electron chi connectivity index (χ1n) is 17.8. The number of carbonyl (C=O) groups is 2. The molecule has 0 saturated carbocycles. The van der Waals surface area contributed by atoms with Crippen LogP contribution in [0.15, 0.2) is 35.4 Å². The van der Waals surface area contributed by atoms with E-state index < -0.39 is 0 Å². The van der Waals surface area contributed by atoms with Crippen molar-refractivity contribution < 1.29 is 9.59 Å². The molecule has 2 heterocycles. The van der Waals surface area contributed by atoms with E-state index in [1.165, 1.54) is 121 Å². The molecule has 0 aliphatic carbocycles. The fraction of sp³-hybridized carbons (Fsp3) is 0.737. The van der Waals surface area contributed by atoms with Gasteiger partial charge in [0.05, 0.1) is 6.54 Å². The van der Waals surface area contributed by atoms with Gasteiger partial charge in [0, 0.05) is 11.1 Å². The largest absolute Gasteiger partial charge is 0.270 e. The van der Waals surface area contributed by atoms with Crippen molar-refractivity contribution in [1.29, 1.82) is 0 Å². The molecule has 1 unspecified atom stereocenters. The van der Waals surface area contributed by atoms with E-state index in [1.54, 1.807) is 4.90 Å². The average Bonchev–Trinajstić information content (AvgIpc) is 3.22. The molecule has 3 nitrogen and oxygen atoms in total. The lowest BCUT2D eigenvalue weighted by molar-refractivity contribution is -0.138. The van der Waals surface area contributed by atoms with Crippen molar-refractivity contribution >= 4 is 11.8 Å². The Morgan fingerprint density at radius 2 is 1.05 bits per heavy atom. The van der Waals surface area contributed by atoms with Crippen LogP contribution in [0.5, 0.6) is 0 Å². The van der Waals surface area contributed by atoms with E-state index in [2.05, 4.69) is 32.0 Å². The van der Waals surface area contributed by atoms with Gasteiger partial charge in [-0.2, -0.15) is 0 Å². The van der Waals surface area contributed by atoms with Crippen LogP contribution in [0.3, 0.4) is 0 Å². The highest BCUT2D eigenvalue weighted by atomic mass is 16.2. The van der Waals surface area contributed by atoms with E-state index >= 15 is 0 Å². The third-order valence-electron chi connectivity index (χ3n) is 9.56. The molecule has 0 N–H and O–H groups in total. The van der Waals surface area contributed by atoms with E-state index in [9.17, 15) is 9.59 Å². The number of hydrogen-bond donors (Lipinski definition) is 0. The van der Waals surface area contributed by atoms with Crippen molar-refractivity contribution in [2.75, 3.05) is 0 Å². The second kappa shape index (κ2) is 20.1. The summed E-state index contributed by atoms with van der Waals surface area (Å²) in [7, 11) is 0. The van der Waals surface area contributed by atoms with Crippen molar-refractivity contribution in [2.24, 2.45) is 5.92 Å². The molecule has 0 spiro atoms. The number of nitrogens with zero attached hydrogens (tertiary/aromatic N) is 1. The number of amides is 2. The van der Waals surface area contributed by atoms with Crippen molar-refractivity contribution in [1.82, 2.24) is 4.90 Å². The van der Waals surface area contributed by atoms with Crippen molar-refractivity contribution in [3.8, 4) is 0 Å². The molecule has 0 saturated heterocycles. The molecular formula is C38H61NO2. The quantitative estimate of drug-likeness (QED) is 0.0980. The average molecular weight is 564 g/mol. The molecule has 0 fully saturated rings. The molecule has 41 heavy (non-hydrogen) atoms. The standard InChI is InChI=1S/C38H61NO2/c1-3-5-7-9-11-13-15-17-19-21-23-29-35-36-33(27-22-20-18-16-14-12-10-8-6-4-2)30-32-26-24-25-28-34(32)31-39(37(35)40)38(36)41/h24-26,28,33H,3-23,27,29-31H2,1-2H3. The lowest BCUT2D eigenvalue weighted by Gasteiger charge is -2.25. The molecule has 1 aromatic carbocycles. The Balaban J connectivity index is 1.50. The Bertz CT molecular complexity index is 932. The summed E-state index contributed by atoms with van der Waals surface area (Å²) < 4.78 is 0. The number of rotatable bonds is 23. The molecule has 3 rings (SSSR count). The van der Waals surface area contributed by atoms with Crippen LogP contribution in [0, 0.1) is 5.92 Å². The zero-order valence-corrected chi connectivity index (χ0v) is 26.8. The van der Waals surface area contributed by atoms with Crippen LogP contribution in [-0.4, -0.2) is 16.7 Å². The summed E-state index contributed by atoms with van der Waals surface area (Å²) in [5.74, 6) is 0.191. The van der Waals surface area contributed by atoms with Gasteiger partial charge in [-0.1, -0.05) is 167 Å². The zero-order valence-electron chi connectivity index (χ0n) is 26.8.